The zero-order chi connectivity index (χ0) is 22.1. The van der Waals surface area contributed by atoms with Gasteiger partial charge in [-0.1, -0.05) is 13.8 Å². The maximum absolute atomic E-state index is 13.2. The summed E-state index contributed by atoms with van der Waals surface area (Å²) in [6, 6.07) is 10.4. The number of rotatable bonds is 5. The van der Waals surface area contributed by atoms with Crippen LogP contribution in [0.2, 0.25) is 0 Å². The number of hydrogen-bond acceptors (Lipinski definition) is 5. The number of benzene rings is 2. The molecule has 3 aromatic rings. The number of morpholine rings is 1. The molecule has 0 aliphatic carbocycles. The Morgan fingerprint density at radius 2 is 2.03 bits per heavy atom. The van der Waals surface area contributed by atoms with E-state index >= 15 is 0 Å². The zero-order valence-corrected chi connectivity index (χ0v) is 17.9. The van der Waals surface area contributed by atoms with Crippen molar-refractivity contribution in [1.29, 1.82) is 0 Å². The van der Waals surface area contributed by atoms with Gasteiger partial charge in [-0.05, 0) is 42.7 Å². The lowest BCUT2D eigenvalue weighted by molar-refractivity contribution is -0.125. The van der Waals surface area contributed by atoms with E-state index in [1.165, 1.54) is 4.90 Å². The Labute approximate surface area is 180 Å². The molecule has 0 radical (unpaired) electrons. The van der Waals surface area contributed by atoms with Crippen LogP contribution in [0, 0.1) is 5.92 Å². The first-order valence-electron chi connectivity index (χ1n) is 10.3. The van der Waals surface area contributed by atoms with Crippen molar-refractivity contribution in [3.8, 4) is 5.75 Å². The van der Waals surface area contributed by atoms with Crippen LogP contribution in [0.3, 0.4) is 0 Å². The Kier molecular flexibility index (Phi) is 5.65. The number of nitrogens with zero attached hydrogens (tertiary/aromatic N) is 3. The quantitative estimate of drug-likeness (QED) is 0.658. The zero-order valence-electron chi connectivity index (χ0n) is 17.9. The summed E-state index contributed by atoms with van der Waals surface area (Å²) in [7, 11) is 1.66. The van der Waals surface area contributed by atoms with Crippen molar-refractivity contribution >= 4 is 34.1 Å². The van der Waals surface area contributed by atoms with Gasteiger partial charge >= 0.3 is 0 Å². The first-order valence-corrected chi connectivity index (χ1v) is 10.3. The Bertz CT molecular complexity index is 1120. The van der Waals surface area contributed by atoms with Crippen molar-refractivity contribution in [2.75, 3.05) is 36.6 Å². The van der Waals surface area contributed by atoms with Crippen LogP contribution >= 0.6 is 0 Å². The molecule has 0 atom stereocenters. The number of phenols is 1. The molecule has 1 fully saturated rings. The SMILES string of the molecule is CC(C)Cc1n[nH]c2cc(O)c(C(=O)N(C)c3ccc(N4CCOCC4=O)cc3)cc12. The molecule has 1 aromatic heterocycles. The summed E-state index contributed by atoms with van der Waals surface area (Å²) in [5.41, 5.74) is 3.21. The third-order valence-electron chi connectivity index (χ3n) is 5.43. The maximum atomic E-state index is 13.2. The van der Waals surface area contributed by atoms with Crippen LogP contribution in [0.15, 0.2) is 36.4 Å². The van der Waals surface area contributed by atoms with Crippen molar-refractivity contribution in [3.63, 3.8) is 0 Å². The van der Waals surface area contributed by atoms with Crippen molar-refractivity contribution < 1.29 is 19.4 Å². The first-order chi connectivity index (χ1) is 14.8. The molecule has 162 valence electrons. The number of carbonyl (C=O) groups excluding carboxylic acids is 2. The highest BCUT2D eigenvalue weighted by Gasteiger charge is 2.22. The third-order valence-corrected chi connectivity index (χ3v) is 5.43. The lowest BCUT2D eigenvalue weighted by atomic mass is 10.0. The number of H-pyrrole nitrogens is 1. The molecule has 2 amide bonds. The van der Waals surface area contributed by atoms with Crippen LogP contribution in [-0.2, 0) is 16.0 Å². The van der Waals surface area contributed by atoms with E-state index in [1.807, 2.05) is 12.1 Å². The van der Waals surface area contributed by atoms with Gasteiger partial charge in [0.2, 0.25) is 0 Å². The van der Waals surface area contributed by atoms with Gasteiger partial charge in [0.15, 0.2) is 0 Å². The molecule has 31 heavy (non-hydrogen) atoms. The van der Waals surface area contributed by atoms with Crippen molar-refractivity contribution in [2.45, 2.75) is 20.3 Å². The van der Waals surface area contributed by atoms with Crippen molar-refractivity contribution in [2.24, 2.45) is 5.92 Å². The lowest BCUT2D eigenvalue weighted by Crippen LogP contribution is -2.41. The van der Waals surface area contributed by atoms with E-state index in [4.69, 9.17) is 4.74 Å². The monoisotopic (exact) mass is 422 g/mol. The molecule has 1 aliphatic heterocycles. The maximum Gasteiger partial charge on any atom is 0.261 e. The number of aromatic nitrogens is 2. The smallest absolute Gasteiger partial charge is 0.261 e. The summed E-state index contributed by atoms with van der Waals surface area (Å²) in [5, 5.41) is 18.6. The first kappa shape index (κ1) is 20.9. The third kappa shape index (κ3) is 4.11. The van der Waals surface area contributed by atoms with E-state index in [0.717, 1.165) is 23.2 Å². The van der Waals surface area contributed by atoms with Gasteiger partial charge < -0.3 is 19.6 Å². The highest BCUT2D eigenvalue weighted by atomic mass is 16.5. The van der Waals surface area contributed by atoms with Gasteiger partial charge in [0.25, 0.3) is 11.8 Å². The van der Waals surface area contributed by atoms with Crippen molar-refractivity contribution in [3.05, 3.63) is 47.7 Å². The van der Waals surface area contributed by atoms with E-state index in [9.17, 15) is 14.7 Å². The summed E-state index contributed by atoms with van der Waals surface area (Å²) in [6.07, 6.45) is 0.774. The molecule has 1 saturated heterocycles. The highest BCUT2D eigenvalue weighted by Crippen LogP contribution is 2.29. The van der Waals surface area contributed by atoms with E-state index in [0.29, 0.717) is 30.3 Å². The molecule has 0 bridgehead atoms. The Morgan fingerprint density at radius 3 is 2.71 bits per heavy atom. The van der Waals surface area contributed by atoms with E-state index in [2.05, 4.69) is 24.0 Å². The lowest BCUT2D eigenvalue weighted by Gasteiger charge is -2.27. The van der Waals surface area contributed by atoms with Crippen LogP contribution in [-0.4, -0.2) is 53.9 Å². The predicted octanol–water partition coefficient (Wildman–Crippen LogP) is 3.11. The fraction of sp³-hybridized carbons (Fsp3) is 0.348. The van der Waals surface area contributed by atoms with E-state index in [1.54, 1.807) is 36.2 Å². The Hall–Kier alpha value is -3.39. The summed E-state index contributed by atoms with van der Waals surface area (Å²) < 4.78 is 5.17. The van der Waals surface area contributed by atoms with Crippen molar-refractivity contribution in [1.82, 2.24) is 10.2 Å². The summed E-state index contributed by atoms with van der Waals surface area (Å²) in [4.78, 5) is 28.3. The van der Waals surface area contributed by atoms with Crippen LogP contribution < -0.4 is 9.80 Å². The molecular formula is C23H26N4O4. The molecule has 0 spiro atoms. The molecule has 2 N–H and O–H groups in total. The Morgan fingerprint density at radius 1 is 1.29 bits per heavy atom. The molecule has 8 heteroatoms. The number of aromatic hydroxyl groups is 1. The van der Waals surface area contributed by atoms with Gasteiger partial charge in [-0.2, -0.15) is 5.10 Å². The molecule has 4 rings (SSSR count). The standard InChI is InChI=1S/C23H26N4O4/c1-14(2)10-19-17-11-18(21(28)12-20(17)25-24-19)23(30)26(3)15-4-6-16(7-5-15)27-8-9-31-13-22(27)29/h4-7,11-12,14,28H,8-10,13H2,1-3H3,(H,24,25). The minimum Gasteiger partial charge on any atom is -0.507 e. The summed E-state index contributed by atoms with van der Waals surface area (Å²) in [6.45, 7) is 5.29. The molecule has 2 aromatic carbocycles. The minimum absolute atomic E-state index is 0.0781. The topological polar surface area (TPSA) is 98.8 Å². The number of phenolic OH excluding ortho intramolecular Hbond substituents is 1. The molecule has 2 heterocycles. The molecule has 0 saturated carbocycles. The number of aromatic amines is 1. The number of ether oxygens (including phenoxy) is 1. The average Bonchev–Trinajstić information content (AvgIpc) is 3.13. The van der Waals surface area contributed by atoms with Gasteiger partial charge in [-0.25, -0.2) is 0 Å². The van der Waals surface area contributed by atoms with Crippen LogP contribution in [0.25, 0.3) is 10.9 Å². The van der Waals surface area contributed by atoms with Crippen LogP contribution in [0.4, 0.5) is 11.4 Å². The van der Waals surface area contributed by atoms with Gasteiger partial charge in [-0.3, -0.25) is 14.7 Å². The van der Waals surface area contributed by atoms with Crippen LogP contribution in [0.1, 0.15) is 29.9 Å². The van der Waals surface area contributed by atoms with Gasteiger partial charge in [0.05, 0.1) is 23.4 Å². The second-order valence-electron chi connectivity index (χ2n) is 8.16. The minimum atomic E-state index is -0.328. The second-order valence-corrected chi connectivity index (χ2v) is 8.16. The highest BCUT2D eigenvalue weighted by molar-refractivity contribution is 6.09. The van der Waals surface area contributed by atoms with Gasteiger partial charge in [0, 0.05) is 36.4 Å². The number of anilines is 2. The normalized spacial score (nSPS) is 14.5. The molecule has 8 nitrogen and oxygen atoms in total. The number of amides is 2. The summed E-state index contributed by atoms with van der Waals surface area (Å²) in [5.74, 6) is -0.0936. The van der Waals surface area contributed by atoms with E-state index in [-0.39, 0.29) is 29.7 Å². The van der Waals surface area contributed by atoms with Gasteiger partial charge in [-0.15, -0.1) is 0 Å². The largest absolute Gasteiger partial charge is 0.507 e. The van der Waals surface area contributed by atoms with Crippen LogP contribution in [0.5, 0.6) is 5.75 Å². The number of hydrogen-bond donors (Lipinski definition) is 2. The Balaban J connectivity index is 1.59. The number of fused-ring (bicyclic) bond motifs is 1. The van der Waals surface area contributed by atoms with Gasteiger partial charge in [0.1, 0.15) is 12.4 Å². The second kappa shape index (κ2) is 8.39. The summed E-state index contributed by atoms with van der Waals surface area (Å²) >= 11 is 0. The molecule has 1 aliphatic rings. The number of nitrogens with one attached hydrogen (secondary N) is 1. The molecular weight excluding hydrogens is 396 g/mol. The molecule has 0 unspecified atom stereocenters. The predicted molar refractivity (Wildman–Crippen MR) is 119 cm³/mol. The number of carbonyl (C=O) groups is 2. The van der Waals surface area contributed by atoms with E-state index < -0.39 is 0 Å². The fourth-order valence-electron chi connectivity index (χ4n) is 3.77. The fourth-order valence-corrected chi connectivity index (χ4v) is 3.77. The average molecular weight is 422 g/mol.